The number of hydrogen-bond donors (Lipinski definition) is 1. The van der Waals surface area contributed by atoms with E-state index in [1.54, 1.807) is 7.11 Å². The van der Waals surface area contributed by atoms with E-state index in [0.717, 1.165) is 28.6 Å². The van der Waals surface area contributed by atoms with Crippen molar-refractivity contribution in [2.75, 3.05) is 13.7 Å². The summed E-state index contributed by atoms with van der Waals surface area (Å²) >= 11 is 0. The first-order valence-electron chi connectivity index (χ1n) is 11.4. The molecular formula is C29H32N2O2. The van der Waals surface area contributed by atoms with E-state index in [1.165, 1.54) is 11.1 Å². The number of nitrogens with zero attached hydrogens (tertiary/aromatic N) is 1. The van der Waals surface area contributed by atoms with Gasteiger partial charge >= 0.3 is 0 Å². The van der Waals surface area contributed by atoms with Crippen LogP contribution in [0, 0.1) is 0 Å². The lowest BCUT2D eigenvalue weighted by molar-refractivity contribution is 0.0747. The molecule has 0 fully saturated rings. The molecule has 0 bridgehead atoms. The number of rotatable bonds is 7. The standard InChI is InChI=1S/C29H32N2O2/c1-29(2,3)24-12-8-22(9-13-24)20-31(19-17-21-10-14-25(33-4)15-11-21)28(32)26-7-5-6-23-16-18-30-27(23)26/h5-16,18,30H,17,19-20H2,1-4H3. The van der Waals surface area contributed by atoms with E-state index in [-0.39, 0.29) is 11.3 Å². The topological polar surface area (TPSA) is 45.3 Å². The zero-order valence-corrected chi connectivity index (χ0v) is 19.9. The van der Waals surface area contributed by atoms with Crippen LogP contribution in [0.3, 0.4) is 0 Å². The summed E-state index contributed by atoms with van der Waals surface area (Å²) in [7, 11) is 1.67. The van der Waals surface area contributed by atoms with Crippen LogP contribution in [-0.2, 0) is 18.4 Å². The fraction of sp³-hybridized carbons (Fsp3) is 0.276. The van der Waals surface area contributed by atoms with Crippen LogP contribution < -0.4 is 4.74 Å². The zero-order valence-electron chi connectivity index (χ0n) is 19.9. The molecule has 4 heteroatoms. The average Bonchev–Trinajstić information content (AvgIpc) is 3.30. The molecule has 0 aliphatic rings. The van der Waals surface area contributed by atoms with Crippen LogP contribution in [0.5, 0.6) is 5.75 Å². The lowest BCUT2D eigenvalue weighted by Crippen LogP contribution is -2.32. The van der Waals surface area contributed by atoms with Crippen LogP contribution in [0.1, 0.15) is 47.8 Å². The van der Waals surface area contributed by atoms with Crippen molar-refractivity contribution < 1.29 is 9.53 Å². The first-order valence-corrected chi connectivity index (χ1v) is 11.4. The van der Waals surface area contributed by atoms with E-state index in [4.69, 9.17) is 4.74 Å². The number of methoxy groups -OCH3 is 1. The first-order chi connectivity index (χ1) is 15.8. The number of hydrogen-bond acceptors (Lipinski definition) is 2. The third kappa shape index (κ3) is 5.28. The molecule has 0 unspecified atom stereocenters. The monoisotopic (exact) mass is 440 g/mol. The molecule has 0 saturated heterocycles. The lowest BCUT2D eigenvalue weighted by Gasteiger charge is -2.24. The second kappa shape index (κ2) is 9.53. The molecular weight excluding hydrogens is 408 g/mol. The molecule has 0 spiro atoms. The zero-order chi connectivity index (χ0) is 23.4. The van der Waals surface area contributed by atoms with E-state index < -0.39 is 0 Å². The summed E-state index contributed by atoms with van der Waals surface area (Å²) in [6, 6.07) is 24.6. The second-order valence-electron chi connectivity index (χ2n) is 9.52. The highest BCUT2D eigenvalue weighted by Crippen LogP contribution is 2.24. The maximum atomic E-state index is 13.7. The number of fused-ring (bicyclic) bond motifs is 1. The summed E-state index contributed by atoms with van der Waals surface area (Å²) in [4.78, 5) is 18.9. The van der Waals surface area contributed by atoms with Gasteiger partial charge in [0.2, 0.25) is 0 Å². The number of nitrogens with one attached hydrogen (secondary N) is 1. The number of ether oxygens (including phenoxy) is 1. The molecule has 33 heavy (non-hydrogen) atoms. The van der Waals surface area contributed by atoms with Gasteiger partial charge in [-0.05, 0) is 52.8 Å². The third-order valence-corrected chi connectivity index (χ3v) is 6.13. The van der Waals surface area contributed by atoms with Crippen LogP contribution in [0.2, 0.25) is 0 Å². The van der Waals surface area contributed by atoms with Crippen molar-refractivity contribution in [1.82, 2.24) is 9.88 Å². The number of aromatic amines is 1. The molecule has 0 aliphatic heterocycles. The van der Waals surface area contributed by atoms with Gasteiger partial charge in [0.25, 0.3) is 5.91 Å². The number of benzene rings is 3. The first kappa shape index (κ1) is 22.7. The van der Waals surface area contributed by atoms with E-state index in [0.29, 0.717) is 18.7 Å². The predicted octanol–water partition coefficient (Wildman–Crippen LogP) is 6.36. The van der Waals surface area contributed by atoms with Gasteiger partial charge in [-0.3, -0.25) is 4.79 Å². The molecule has 0 atom stereocenters. The molecule has 1 heterocycles. The Kier molecular flexibility index (Phi) is 6.55. The van der Waals surface area contributed by atoms with E-state index in [9.17, 15) is 4.79 Å². The third-order valence-electron chi connectivity index (χ3n) is 6.13. The van der Waals surface area contributed by atoms with Crippen LogP contribution in [0.25, 0.3) is 10.9 Å². The summed E-state index contributed by atoms with van der Waals surface area (Å²) in [5.41, 5.74) is 5.29. The molecule has 0 aliphatic carbocycles. The predicted molar refractivity (Wildman–Crippen MR) is 135 cm³/mol. The Morgan fingerprint density at radius 1 is 0.909 bits per heavy atom. The smallest absolute Gasteiger partial charge is 0.256 e. The molecule has 1 aromatic heterocycles. The maximum absolute atomic E-state index is 13.7. The minimum atomic E-state index is 0.0384. The normalized spacial score (nSPS) is 11.5. The van der Waals surface area contributed by atoms with Crippen LogP contribution in [0.15, 0.2) is 79.0 Å². The maximum Gasteiger partial charge on any atom is 0.256 e. The minimum Gasteiger partial charge on any atom is -0.497 e. The molecule has 4 aromatic rings. The number of carbonyl (C=O) groups excluding carboxylic acids is 1. The Balaban J connectivity index is 1.59. The summed E-state index contributed by atoms with van der Waals surface area (Å²) in [6.07, 6.45) is 2.66. The van der Waals surface area contributed by atoms with Crippen LogP contribution >= 0.6 is 0 Å². The van der Waals surface area contributed by atoms with Crippen LogP contribution in [0.4, 0.5) is 0 Å². The van der Waals surface area contributed by atoms with Crippen molar-refractivity contribution in [2.24, 2.45) is 0 Å². The Hall–Kier alpha value is -3.53. The summed E-state index contributed by atoms with van der Waals surface area (Å²) in [5.74, 6) is 0.875. The summed E-state index contributed by atoms with van der Waals surface area (Å²) in [6.45, 7) is 7.83. The minimum absolute atomic E-state index is 0.0384. The van der Waals surface area contributed by atoms with E-state index in [1.807, 2.05) is 47.5 Å². The summed E-state index contributed by atoms with van der Waals surface area (Å²) in [5, 5.41) is 1.05. The Labute approximate surface area is 196 Å². The van der Waals surface area contributed by atoms with Gasteiger partial charge in [0.15, 0.2) is 0 Å². The highest BCUT2D eigenvalue weighted by molar-refractivity contribution is 6.05. The highest BCUT2D eigenvalue weighted by atomic mass is 16.5. The molecule has 0 radical (unpaired) electrons. The van der Waals surface area contributed by atoms with Crippen molar-refractivity contribution >= 4 is 16.8 Å². The molecule has 4 nitrogen and oxygen atoms in total. The molecule has 1 amide bonds. The summed E-state index contributed by atoms with van der Waals surface area (Å²) < 4.78 is 5.27. The quantitative estimate of drug-likeness (QED) is 0.363. The van der Waals surface area contributed by atoms with Gasteiger partial charge in [-0.25, -0.2) is 0 Å². The molecule has 4 rings (SSSR count). The number of amides is 1. The highest BCUT2D eigenvalue weighted by Gasteiger charge is 2.20. The average molecular weight is 441 g/mol. The van der Waals surface area contributed by atoms with Crippen molar-refractivity contribution in [2.45, 2.75) is 39.2 Å². The van der Waals surface area contributed by atoms with Gasteiger partial charge in [0.1, 0.15) is 5.75 Å². The SMILES string of the molecule is COc1ccc(CCN(Cc2ccc(C(C)(C)C)cc2)C(=O)c2cccc3cc[nH]c23)cc1. The van der Waals surface area contributed by atoms with E-state index in [2.05, 4.69) is 62.2 Å². The molecule has 3 aromatic carbocycles. The number of aromatic nitrogens is 1. The Morgan fingerprint density at radius 3 is 2.27 bits per heavy atom. The fourth-order valence-corrected chi connectivity index (χ4v) is 4.07. The van der Waals surface area contributed by atoms with Gasteiger partial charge in [0, 0.05) is 24.7 Å². The lowest BCUT2D eigenvalue weighted by atomic mass is 9.87. The van der Waals surface area contributed by atoms with Gasteiger partial charge in [-0.15, -0.1) is 0 Å². The van der Waals surface area contributed by atoms with Gasteiger partial charge in [0.05, 0.1) is 18.2 Å². The van der Waals surface area contributed by atoms with Crippen molar-refractivity contribution in [3.8, 4) is 5.75 Å². The van der Waals surface area contributed by atoms with Crippen LogP contribution in [-0.4, -0.2) is 29.4 Å². The van der Waals surface area contributed by atoms with Gasteiger partial charge in [-0.1, -0.05) is 69.3 Å². The number of para-hydroxylation sites is 1. The fourth-order valence-electron chi connectivity index (χ4n) is 4.07. The Morgan fingerprint density at radius 2 is 1.61 bits per heavy atom. The molecule has 170 valence electrons. The largest absolute Gasteiger partial charge is 0.497 e. The number of H-pyrrole nitrogens is 1. The molecule has 1 N–H and O–H groups in total. The van der Waals surface area contributed by atoms with Gasteiger partial charge < -0.3 is 14.6 Å². The number of carbonyl (C=O) groups is 1. The van der Waals surface area contributed by atoms with Gasteiger partial charge in [-0.2, -0.15) is 0 Å². The van der Waals surface area contributed by atoms with E-state index >= 15 is 0 Å². The Bertz CT molecular complexity index is 1220. The second-order valence-corrected chi connectivity index (χ2v) is 9.52. The molecule has 0 saturated carbocycles. The van der Waals surface area contributed by atoms with Crippen molar-refractivity contribution in [1.29, 1.82) is 0 Å². The van der Waals surface area contributed by atoms with Crippen molar-refractivity contribution in [3.63, 3.8) is 0 Å². The van der Waals surface area contributed by atoms with Crippen molar-refractivity contribution in [3.05, 3.63) is 101 Å².